The Kier molecular flexibility index (Phi) is 5.40. The smallest absolute Gasteiger partial charge is 0.0931 e. The lowest BCUT2D eigenvalue weighted by molar-refractivity contribution is 0.720. The number of anilines is 1. The molecule has 0 aliphatic heterocycles. The van der Waals surface area contributed by atoms with Crippen LogP contribution in [0.5, 0.6) is 0 Å². The van der Waals surface area contributed by atoms with E-state index >= 15 is 0 Å². The Morgan fingerprint density at radius 1 is 1.40 bits per heavy atom. The molecule has 5 heteroatoms. The Morgan fingerprint density at radius 2 is 2.20 bits per heavy atom. The molecular weight excluding hydrogens is 290 g/mol. The van der Waals surface area contributed by atoms with Crippen molar-refractivity contribution in [1.82, 2.24) is 10.3 Å². The minimum atomic E-state index is 0.840. The van der Waals surface area contributed by atoms with Crippen molar-refractivity contribution in [3.63, 3.8) is 0 Å². The van der Waals surface area contributed by atoms with Gasteiger partial charge in [0.15, 0.2) is 0 Å². The molecule has 2 rings (SSSR count). The van der Waals surface area contributed by atoms with E-state index < -0.39 is 0 Å². The molecule has 108 valence electrons. The second-order valence-corrected chi connectivity index (χ2v) is 6.60. The maximum Gasteiger partial charge on any atom is 0.0931 e. The molecule has 0 atom stereocenters. The van der Waals surface area contributed by atoms with E-state index in [-0.39, 0.29) is 0 Å². The van der Waals surface area contributed by atoms with E-state index in [0.29, 0.717) is 0 Å². The number of rotatable bonds is 6. The van der Waals surface area contributed by atoms with Gasteiger partial charge in [0.25, 0.3) is 0 Å². The average Bonchev–Trinajstić information content (AvgIpc) is 2.82. The van der Waals surface area contributed by atoms with Crippen molar-refractivity contribution < 1.29 is 0 Å². The molecule has 0 fully saturated rings. The number of thiophene rings is 1. The molecule has 0 aliphatic carbocycles. The van der Waals surface area contributed by atoms with Crippen LogP contribution in [0.25, 0.3) is 0 Å². The molecule has 2 aromatic heterocycles. The summed E-state index contributed by atoms with van der Waals surface area (Å²) in [6.07, 6.45) is 1.96. The van der Waals surface area contributed by atoms with E-state index in [1.165, 1.54) is 16.1 Å². The molecule has 0 radical (unpaired) electrons. The summed E-state index contributed by atoms with van der Waals surface area (Å²) >= 11 is 7.63. The molecule has 20 heavy (non-hydrogen) atoms. The Morgan fingerprint density at radius 3 is 2.85 bits per heavy atom. The van der Waals surface area contributed by atoms with Crippen LogP contribution in [-0.4, -0.2) is 18.6 Å². The predicted molar refractivity (Wildman–Crippen MR) is 87.8 cm³/mol. The van der Waals surface area contributed by atoms with Crippen LogP contribution in [0.1, 0.15) is 23.1 Å². The standard InChI is InChI=1S/C15H20ClN3S/c1-4-17-8-12-9-18-11(2)7-14(12)19(3)10-13-5-6-15(16)20-13/h5-7,9,17H,4,8,10H2,1-3H3. The summed E-state index contributed by atoms with van der Waals surface area (Å²) in [5, 5.41) is 3.36. The van der Waals surface area contributed by atoms with E-state index in [1.807, 2.05) is 19.2 Å². The van der Waals surface area contributed by atoms with Crippen molar-refractivity contribution in [2.75, 3.05) is 18.5 Å². The van der Waals surface area contributed by atoms with Crippen LogP contribution < -0.4 is 10.2 Å². The van der Waals surface area contributed by atoms with Gasteiger partial charge in [-0.15, -0.1) is 11.3 Å². The molecule has 0 aliphatic rings. The first-order chi connectivity index (χ1) is 9.60. The number of nitrogens with one attached hydrogen (secondary N) is 1. The van der Waals surface area contributed by atoms with Crippen molar-refractivity contribution in [2.45, 2.75) is 26.9 Å². The van der Waals surface area contributed by atoms with Crippen LogP contribution in [0.3, 0.4) is 0 Å². The van der Waals surface area contributed by atoms with E-state index in [9.17, 15) is 0 Å². The first-order valence-corrected chi connectivity index (χ1v) is 7.91. The van der Waals surface area contributed by atoms with Gasteiger partial charge in [-0.05, 0) is 31.7 Å². The quantitative estimate of drug-likeness (QED) is 0.878. The molecule has 0 spiro atoms. The molecule has 3 nitrogen and oxygen atoms in total. The van der Waals surface area contributed by atoms with Crippen LogP contribution in [0, 0.1) is 6.92 Å². The SMILES string of the molecule is CCNCc1cnc(C)cc1N(C)Cc1ccc(Cl)s1. The minimum absolute atomic E-state index is 0.840. The van der Waals surface area contributed by atoms with Crippen molar-refractivity contribution in [3.8, 4) is 0 Å². The summed E-state index contributed by atoms with van der Waals surface area (Å²) in [7, 11) is 2.11. The van der Waals surface area contributed by atoms with Crippen molar-refractivity contribution in [3.05, 3.63) is 44.9 Å². The van der Waals surface area contributed by atoms with E-state index in [0.717, 1.165) is 29.7 Å². The highest BCUT2D eigenvalue weighted by Gasteiger charge is 2.10. The first kappa shape index (κ1) is 15.3. The summed E-state index contributed by atoms with van der Waals surface area (Å²) in [5.74, 6) is 0. The average molecular weight is 310 g/mol. The molecule has 0 saturated carbocycles. The van der Waals surface area contributed by atoms with Gasteiger partial charge in [0.05, 0.1) is 10.9 Å². The fraction of sp³-hybridized carbons (Fsp3) is 0.400. The summed E-state index contributed by atoms with van der Waals surface area (Å²) in [6, 6.07) is 6.18. The number of aromatic nitrogens is 1. The lowest BCUT2D eigenvalue weighted by atomic mass is 10.2. The van der Waals surface area contributed by atoms with E-state index in [4.69, 9.17) is 11.6 Å². The van der Waals surface area contributed by atoms with Crippen molar-refractivity contribution in [1.29, 1.82) is 0 Å². The molecule has 0 unspecified atom stereocenters. The van der Waals surface area contributed by atoms with Crippen LogP contribution >= 0.6 is 22.9 Å². The molecule has 0 bridgehead atoms. The van der Waals surface area contributed by atoms with Crippen LogP contribution in [0.4, 0.5) is 5.69 Å². The molecule has 0 saturated heterocycles. The van der Waals surface area contributed by atoms with Crippen molar-refractivity contribution in [2.24, 2.45) is 0 Å². The van der Waals surface area contributed by atoms with Crippen LogP contribution in [-0.2, 0) is 13.1 Å². The third kappa shape index (κ3) is 3.95. The minimum Gasteiger partial charge on any atom is -0.369 e. The van der Waals surface area contributed by atoms with Gasteiger partial charge in [-0.1, -0.05) is 18.5 Å². The van der Waals surface area contributed by atoms with E-state index in [2.05, 4.69) is 41.3 Å². The van der Waals surface area contributed by atoms with Crippen molar-refractivity contribution >= 4 is 28.6 Å². The van der Waals surface area contributed by atoms with Gasteiger partial charge in [0.1, 0.15) is 0 Å². The van der Waals surface area contributed by atoms with Gasteiger partial charge in [-0.2, -0.15) is 0 Å². The summed E-state index contributed by atoms with van der Waals surface area (Å²) in [4.78, 5) is 7.92. The lowest BCUT2D eigenvalue weighted by Gasteiger charge is -2.22. The molecule has 0 amide bonds. The Balaban J connectivity index is 2.18. The highest BCUT2D eigenvalue weighted by Crippen LogP contribution is 2.26. The third-order valence-corrected chi connectivity index (χ3v) is 4.31. The highest BCUT2D eigenvalue weighted by atomic mass is 35.5. The Bertz CT molecular complexity index is 568. The summed E-state index contributed by atoms with van der Waals surface area (Å²) < 4.78 is 0.840. The summed E-state index contributed by atoms with van der Waals surface area (Å²) in [6.45, 7) is 6.79. The Hall–Kier alpha value is -1.10. The largest absolute Gasteiger partial charge is 0.369 e. The topological polar surface area (TPSA) is 28.2 Å². The molecule has 2 heterocycles. The monoisotopic (exact) mass is 309 g/mol. The second kappa shape index (κ2) is 7.07. The number of pyridine rings is 1. The summed E-state index contributed by atoms with van der Waals surface area (Å²) in [5.41, 5.74) is 3.49. The molecular formula is C15H20ClN3S. The zero-order chi connectivity index (χ0) is 14.5. The number of hydrogen-bond acceptors (Lipinski definition) is 4. The number of aryl methyl sites for hydroxylation is 1. The van der Waals surface area contributed by atoms with Gasteiger partial charge >= 0.3 is 0 Å². The van der Waals surface area contributed by atoms with Gasteiger partial charge in [0, 0.05) is 41.6 Å². The lowest BCUT2D eigenvalue weighted by Crippen LogP contribution is -2.20. The fourth-order valence-corrected chi connectivity index (χ4v) is 3.22. The maximum atomic E-state index is 5.99. The number of hydrogen-bond donors (Lipinski definition) is 1. The second-order valence-electron chi connectivity index (χ2n) is 4.80. The van der Waals surface area contributed by atoms with Crippen LogP contribution in [0.2, 0.25) is 4.34 Å². The maximum absolute atomic E-state index is 5.99. The molecule has 0 aromatic carbocycles. The number of nitrogens with zero attached hydrogens (tertiary/aromatic N) is 2. The van der Waals surface area contributed by atoms with Crippen LogP contribution in [0.15, 0.2) is 24.4 Å². The van der Waals surface area contributed by atoms with Gasteiger partial charge in [-0.3, -0.25) is 4.98 Å². The van der Waals surface area contributed by atoms with Gasteiger partial charge in [-0.25, -0.2) is 0 Å². The first-order valence-electron chi connectivity index (χ1n) is 6.71. The third-order valence-electron chi connectivity index (χ3n) is 3.10. The van der Waals surface area contributed by atoms with E-state index in [1.54, 1.807) is 11.3 Å². The Labute approximate surface area is 129 Å². The predicted octanol–water partition coefficient (Wildman–Crippen LogP) is 3.85. The fourth-order valence-electron chi connectivity index (χ4n) is 2.08. The van der Waals surface area contributed by atoms with Gasteiger partial charge < -0.3 is 10.2 Å². The zero-order valence-electron chi connectivity index (χ0n) is 12.1. The molecule has 1 N–H and O–H groups in total. The highest BCUT2D eigenvalue weighted by molar-refractivity contribution is 7.16. The number of halogens is 1. The zero-order valence-corrected chi connectivity index (χ0v) is 13.7. The van der Waals surface area contributed by atoms with Gasteiger partial charge in [0.2, 0.25) is 0 Å². The normalized spacial score (nSPS) is 10.8. The molecule has 2 aromatic rings.